The van der Waals surface area contributed by atoms with Crippen LogP contribution in [0.5, 0.6) is 11.5 Å². The maximum atomic E-state index is 13.8. The normalized spacial score (nSPS) is 19.2. The van der Waals surface area contributed by atoms with Crippen LogP contribution in [0.15, 0.2) is 64.3 Å². The molecule has 7 nitrogen and oxygen atoms in total. The van der Waals surface area contributed by atoms with E-state index < -0.39 is 23.5 Å². The second-order valence-electron chi connectivity index (χ2n) is 8.76. The molecule has 0 saturated heterocycles. The van der Waals surface area contributed by atoms with Gasteiger partial charge in [-0.15, -0.1) is 0 Å². The molecule has 1 N–H and O–H groups in total. The monoisotopic (exact) mass is 461 g/mol. The summed E-state index contributed by atoms with van der Waals surface area (Å²) in [6.45, 7) is 0. The molecule has 1 aromatic heterocycles. The first kappa shape index (κ1) is 22.1. The van der Waals surface area contributed by atoms with Crippen molar-refractivity contribution in [3.05, 3.63) is 71.2 Å². The van der Waals surface area contributed by atoms with E-state index in [-0.39, 0.29) is 17.4 Å². The molecule has 2 aromatic carbocycles. The Labute approximate surface area is 197 Å². The Morgan fingerprint density at radius 3 is 2.53 bits per heavy atom. The number of ether oxygens (including phenoxy) is 2. The predicted molar refractivity (Wildman–Crippen MR) is 126 cm³/mol. The minimum atomic E-state index is -0.728. The van der Waals surface area contributed by atoms with Gasteiger partial charge < -0.3 is 23.9 Å². The first-order chi connectivity index (χ1) is 16.5. The van der Waals surface area contributed by atoms with Crippen molar-refractivity contribution < 1.29 is 28.6 Å². The topological polar surface area (TPSA) is 89.2 Å². The quantitative estimate of drug-likeness (QED) is 0.497. The number of hydrogen-bond donors (Lipinski definition) is 1. The van der Waals surface area contributed by atoms with Gasteiger partial charge in [0, 0.05) is 11.4 Å². The summed E-state index contributed by atoms with van der Waals surface area (Å²) in [6, 6.07) is 13.5. The van der Waals surface area contributed by atoms with E-state index in [1.54, 1.807) is 30.2 Å². The number of ketones is 1. The molecule has 1 saturated carbocycles. The summed E-state index contributed by atoms with van der Waals surface area (Å²) in [5.41, 5.74) is 1.18. The van der Waals surface area contributed by atoms with Gasteiger partial charge in [0.25, 0.3) is 5.91 Å². The van der Waals surface area contributed by atoms with Gasteiger partial charge in [-0.1, -0.05) is 43.5 Å². The van der Waals surface area contributed by atoms with Gasteiger partial charge in [0.1, 0.15) is 5.75 Å². The number of hydrogen-bond acceptors (Lipinski definition) is 6. The maximum absolute atomic E-state index is 13.8. The molecule has 2 heterocycles. The highest BCUT2D eigenvalue weighted by Gasteiger charge is 2.47. The van der Waals surface area contributed by atoms with Gasteiger partial charge in [-0.2, -0.15) is 0 Å². The Morgan fingerprint density at radius 2 is 1.79 bits per heavy atom. The fraction of sp³-hybridized carbons (Fsp3) is 0.333. The van der Waals surface area contributed by atoms with Crippen LogP contribution in [0.3, 0.4) is 0 Å². The second-order valence-corrected chi connectivity index (χ2v) is 8.76. The number of nitrogens with zero attached hydrogens (tertiary/aromatic N) is 1. The lowest BCUT2D eigenvalue weighted by atomic mass is 9.90. The number of Topliss-reactive ketones (excluding diaryl/α,β-unsaturated/α-hetero) is 1. The van der Waals surface area contributed by atoms with Gasteiger partial charge >= 0.3 is 0 Å². The zero-order valence-corrected chi connectivity index (χ0v) is 19.2. The van der Waals surface area contributed by atoms with Crippen molar-refractivity contribution >= 4 is 22.7 Å². The summed E-state index contributed by atoms with van der Waals surface area (Å²) in [5.74, 6) is -0.388. The van der Waals surface area contributed by atoms with Crippen molar-refractivity contribution in [2.45, 2.75) is 44.2 Å². The van der Waals surface area contributed by atoms with Gasteiger partial charge in [-0.3, -0.25) is 9.59 Å². The van der Waals surface area contributed by atoms with Gasteiger partial charge in [0.05, 0.1) is 25.8 Å². The van der Waals surface area contributed by atoms with E-state index >= 15 is 0 Å². The fourth-order valence-corrected chi connectivity index (χ4v) is 5.17. The highest BCUT2D eigenvalue weighted by molar-refractivity contribution is 6.16. The number of carbonyl (C=O) groups is 2. The van der Waals surface area contributed by atoms with Crippen molar-refractivity contribution in [2.75, 3.05) is 14.2 Å². The second kappa shape index (κ2) is 8.89. The first-order valence-electron chi connectivity index (χ1n) is 11.5. The molecule has 1 amide bonds. The summed E-state index contributed by atoms with van der Waals surface area (Å²) >= 11 is 0. The number of benzene rings is 2. The van der Waals surface area contributed by atoms with Crippen molar-refractivity contribution in [2.24, 2.45) is 0 Å². The van der Waals surface area contributed by atoms with Crippen LogP contribution in [0.25, 0.3) is 11.0 Å². The number of fused-ring (bicyclic) bond motifs is 1. The van der Waals surface area contributed by atoms with Gasteiger partial charge in [-0.25, -0.2) is 0 Å². The molecule has 34 heavy (non-hydrogen) atoms. The lowest BCUT2D eigenvalue weighted by Gasteiger charge is -2.36. The Hall–Kier alpha value is -3.74. The molecule has 0 radical (unpaired) electrons. The third-order valence-corrected chi connectivity index (χ3v) is 6.82. The van der Waals surface area contributed by atoms with E-state index in [1.165, 1.54) is 7.11 Å². The highest BCUT2D eigenvalue weighted by atomic mass is 16.5. The largest absolute Gasteiger partial charge is 0.503 e. The summed E-state index contributed by atoms with van der Waals surface area (Å²) < 4.78 is 16.6. The first-order valence-corrected chi connectivity index (χ1v) is 11.5. The van der Waals surface area contributed by atoms with Crippen molar-refractivity contribution in [1.82, 2.24) is 4.90 Å². The van der Waals surface area contributed by atoms with Gasteiger partial charge in [0.2, 0.25) is 5.78 Å². The number of amides is 1. The molecule has 0 bridgehead atoms. The van der Waals surface area contributed by atoms with Crippen LogP contribution in [0.4, 0.5) is 0 Å². The SMILES string of the molecule is COc1cccc(C2C(C(=O)c3cc4cccc(OC)c4o3)=C(O)C(=O)N2C2CCCCC2)c1. The lowest BCUT2D eigenvalue weighted by molar-refractivity contribution is -0.132. The number of para-hydroxylation sites is 1. The number of carbonyl (C=O) groups excluding carboxylic acids is 2. The molecular formula is C27H27NO6. The minimum absolute atomic E-state index is 0.0295. The molecule has 176 valence electrons. The van der Waals surface area contributed by atoms with Crippen LogP contribution in [0.2, 0.25) is 0 Å². The van der Waals surface area contributed by atoms with Crippen LogP contribution in [-0.2, 0) is 4.79 Å². The van der Waals surface area contributed by atoms with E-state index in [2.05, 4.69) is 0 Å². The van der Waals surface area contributed by atoms with Crippen LogP contribution >= 0.6 is 0 Å². The van der Waals surface area contributed by atoms with E-state index in [0.717, 1.165) is 32.1 Å². The summed E-state index contributed by atoms with van der Waals surface area (Å²) in [4.78, 5) is 28.8. The fourth-order valence-electron chi connectivity index (χ4n) is 5.17. The van der Waals surface area contributed by atoms with Crippen molar-refractivity contribution in [1.29, 1.82) is 0 Å². The molecule has 1 aliphatic carbocycles. The lowest BCUT2D eigenvalue weighted by Crippen LogP contribution is -2.41. The molecule has 1 aliphatic heterocycles. The minimum Gasteiger partial charge on any atom is -0.503 e. The zero-order chi connectivity index (χ0) is 23.8. The van der Waals surface area contributed by atoms with Crippen LogP contribution in [0, 0.1) is 0 Å². The van der Waals surface area contributed by atoms with E-state index in [4.69, 9.17) is 13.9 Å². The number of methoxy groups -OCH3 is 2. The number of furan rings is 1. The molecule has 5 rings (SSSR count). The Bertz CT molecular complexity index is 1280. The molecule has 1 unspecified atom stereocenters. The highest BCUT2D eigenvalue weighted by Crippen LogP contribution is 2.44. The van der Waals surface area contributed by atoms with Crippen LogP contribution in [0.1, 0.15) is 54.3 Å². The Kier molecular flexibility index (Phi) is 5.77. The van der Waals surface area contributed by atoms with Crippen molar-refractivity contribution in [3.8, 4) is 11.5 Å². The molecule has 2 aliphatic rings. The summed E-state index contributed by atoms with van der Waals surface area (Å²) in [7, 11) is 3.10. The Morgan fingerprint density at radius 1 is 1.03 bits per heavy atom. The van der Waals surface area contributed by atoms with E-state index in [9.17, 15) is 14.7 Å². The molecule has 1 fully saturated rings. The maximum Gasteiger partial charge on any atom is 0.290 e. The zero-order valence-electron chi connectivity index (χ0n) is 19.2. The molecular weight excluding hydrogens is 434 g/mol. The summed E-state index contributed by atoms with van der Waals surface area (Å²) in [5, 5.41) is 11.7. The van der Waals surface area contributed by atoms with E-state index in [1.807, 2.05) is 30.3 Å². The number of aliphatic hydroxyl groups is 1. The Balaban J connectivity index is 1.62. The third-order valence-electron chi connectivity index (χ3n) is 6.82. The molecule has 7 heteroatoms. The standard InChI is InChI=1S/C27H27NO6/c1-32-19-12-6-8-16(14-19)23-22(25(30)27(31)28(23)18-10-4-3-5-11-18)24(29)21-15-17-9-7-13-20(33-2)26(17)34-21/h6-9,12-15,18,23,30H,3-5,10-11H2,1-2H3. The average molecular weight is 462 g/mol. The molecule has 1 atom stereocenters. The number of rotatable bonds is 6. The predicted octanol–water partition coefficient (Wildman–Crippen LogP) is 5.36. The smallest absolute Gasteiger partial charge is 0.290 e. The third kappa shape index (κ3) is 3.61. The number of aliphatic hydroxyl groups excluding tert-OH is 1. The average Bonchev–Trinajstić information content (AvgIpc) is 3.43. The van der Waals surface area contributed by atoms with Crippen LogP contribution in [-0.4, -0.2) is 42.0 Å². The summed E-state index contributed by atoms with van der Waals surface area (Å²) in [6.07, 6.45) is 4.80. The molecule has 3 aromatic rings. The van der Waals surface area contributed by atoms with E-state index in [0.29, 0.717) is 28.0 Å². The van der Waals surface area contributed by atoms with Crippen LogP contribution < -0.4 is 9.47 Å². The van der Waals surface area contributed by atoms with Gasteiger partial charge in [0.15, 0.2) is 22.9 Å². The van der Waals surface area contributed by atoms with Crippen molar-refractivity contribution in [3.63, 3.8) is 0 Å². The van der Waals surface area contributed by atoms with Gasteiger partial charge in [-0.05, 0) is 42.7 Å². The molecule has 0 spiro atoms.